The van der Waals surface area contributed by atoms with Crippen molar-refractivity contribution in [2.45, 2.75) is 34.6 Å². The molecule has 0 amide bonds. The maximum absolute atomic E-state index is 5.13. The number of aliphatic imine (C=N–C) groups is 1. The van der Waals surface area contributed by atoms with Crippen LogP contribution in [-0.4, -0.2) is 5.84 Å². The van der Waals surface area contributed by atoms with E-state index in [1.807, 2.05) is 0 Å². The summed E-state index contributed by atoms with van der Waals surface area (Å²) in [5.41, 5.74) is 9.34. The van der Waals surface area contributed by atoms with Crippen LogP contribution >= 0.6 is 0 Å². The molecule has 2 nitrogen and oxygen atoms in total. The fourth-order valence-corrected chi connectivity index (χ4v) is 3.86. The molecular weight excluding hydrogens is 352 g/mol. The number of hydrogen-bond donors (Lipinski definition) is 1. The zero-order chi connectivity index (χ0) is 20.6. The van der Waals surface area contributed by atoms with Gasteiger partial charge in [-0.25, -0.2) is 4.99 Å². The second-order valence-corrected chi connectivity index (χ2v) is 8.84. The molecule has 0 spiro atoms. The van der Waals surface area contributed by atoms with E-state index in [0.29, 0.717) is 0 Å². The Balaban J connectivity index is 2.02. The number of nitrogens with zero attached hydrogens (tertiary/aromatic N) is 1. The Morgan fingerprint density at radius 1 is 0.724 bits per heavy atom. The van der Waals surface area contributed by atoms with E-state index in [1.54, 1.807) is 0 Å². The number of rotatable bonds is 1. The van der Waals surface area contributed by atoms with Crippen molar-refractivity contribution in [3.63, 3.8) is 0 Å². The monoisotopic (exact) mass is 380 g/mol. The molecule has 0 saturated carbocycles. The molecular formula is C27H28N2. The zero-order valence-corrected chi connectivity index (χ0v) is 17.9. The van der Waals surface area contributed by atoms with Crippen molar-refractivity contribution < 1.29 is 0 Å². The second kappa shape index (κ2) is 7.36. The average Bonchev–Trinajstić information content (AvgIpc) is 2.79. The Bertz CT molecular complexity index is 1110. The molecule has 1 aliphatic rings. The highest BCUT2D eigenvalue weighted by molar-refractivity contribution is 6.16. The van der Waals surface area contributed by atoms with E-state index in [-0.39, 0.29) is 5.41 Å². The molecule has 0 bridgehead atoms. The van der Waals surface area contributed by atoms with Gasteiger partial charge < -0.3 is 5.32 Å². The van der Waals surface area contributed by atoms with E-state index in [9.17, 15) is 0 Å². The largest absolute Gasteiger partial charge is 0.339 e. The van der Waals surface area contributed by atoms with Gasteiger partial charge in [0.15, 0.2) is 0 Å². The smallest absolute Gasteiger partial charge is 0.139 e. The Labute approximate surface area is 174 Å². The lowest BCUT2D eigenvalue weighted by Crippen LogP contribution is -2.13. The summed E-state index contributed by atoms with van der Waals surface area (Å²) in [4.78, 5) is 5.13. The lowest BCUT2D eigenvalue weighted by Gasteiger charge is -2.18. The van der Waals surface area contributed by atoms with E-state index < -0.39 is 0 Å². The summed E-state index contributed by atoms with van der Waals surface area (Å²) < 4.78 is 0. The first kappa shape index (κ1) is 19.2. The fourth-order valence-electron chi connectivity index (χ4n) is 3.86. The third-order valence-electron chi connectivity index (χ3n) is 5.18. The maximum Gasteiger partial charge on any atom is 0.139 e. The predicted molar refractivity (Wildman–Crippen MR) is 125 cm³/mol. The minimum atomic E-state index is 0.0593. The minimum Gasteiger partial charge on any atom is -0.339 e. The van der Waals surface area contributed by atoms with Gasteiger partial charge in [0.05, 0.1) is 5.69 Å². The van der Waals surface area contributed by atoms with Gasteiger partial charge in [-0.15, -0.1) is 0 Å². The van der Waals surface area contributed by atoms with Crippen molar-refractivity contribution in [3.05, 3.63) is 101 Å². The van der Waals surface area contributed by atoms with Crippen molar-refractivity contribution in [2.24, 2.45) is 10.4 Å². The number of benzene rings is 3. The number of fused-ring (bicyclic) bond motifs is 2. The number of nitrogens with one attached hydrogen (secondary N) is 1. The van der Waals surface area contributed by atoms with E-state index in [4.69, 9.17) is 4.99 Å². The molecule has 0 aromatic heterocycles. The fraction of sp³-hybridized carbons (Fsp3) is 0.222. The van der Waals surface area contributed by atoms with Crippen LogP contribution in [0.3, 0.4) is 0 Å². The second-order valence-electron chi connectivity index (χ2n) is 8.84. The average molecular weight is 381 g/mol. The van der Waals surface area contributed by atoms with Crippen molar-refractivity contribution in [2.75, 3.05) is 5.32 Å². The first-order valence-electron chi connectivity index (χ1n) is 10.2. The molecule has 2 heteroatoms. The third kappa shape index (κ3) is 3.88. The molecule has 3 aromatic carbocycles. The standard InChI is InChI=1S/C27H28N2/c1-18-11-10-12-19(2)25(18)29-26-22-15-7-6-13-20(22)23(17-27(3,4)5)21-14-8-9-16-24(21)28-26/h6-17H,1-5H3,(H,28,29)/b23-17-. The molecule has 0 unspecified atom stereocenters. The summed E-state index contributed by atoms with van der Waals surface area (Å²) in [5.74, 6) is 0.891. The number of amidine groups is 1. The van der Waals surface area contributed by atoms with Gasteiger partial charge in [-0.1, -0.05) is 87.5 Å². The SMILES string of the molecule is Cc1cccc(C)c1N=C1Nc2ccccc2/C(=C\C(C)(C)C)c2ccccc21. The number of para-hydroxylation sites is 2. The Morgan fingerprint density at radius 3 is 1.97 bits per heavy atom. The van der Waals surface area contributed by atoms with E-state index in [0.717, 1.165) is 22.8 Å². The first-order valence-corrected chi connectivity index (χ1v) is 10.2. The molecule has 0 radical (unpaired) electrons. The molecule has 0 aliphatic carbocycles. The first-order chi connectivity index (χ1) is 13.8. The predicted octanol–water partition coefficient (Wildman–Crippen LogP) is 7.29. The highest BCUT2D eigenvalue weighted by Crippen LogP contribution is 2.38. The lowest BCUT2D eigenvalue weighted by atomic mass is 9.86. The van der Waals surface area contributed by atoms with Crippen LogP contribution in [0.2, 0.25) is 0 Å². The summed E-state index contributed by atoms with van der Waals surface area (Å²) in [7, 11) is 0. The Kier molecular flexibility index (Phi) is 4.87. The van der Waals surface area contributed by atoms with Crippen molar-refractivity contribution in [1.29, 1.82) is 0 Å². The van der Waals surface area contributed by atoms with Gasteiger partial charge in [0.25, 0.3) is 0 Å². The molecule has 1 N–H and O–H groups in total. The molecule has 146 valence electrons. The summed E-state index contributed by atoms with van der Waals surface area (Å²) in [5, 5.41) is 3.64. The zero-order valence-electron chi connectivity index (χ0n) is 17.9. The topological polar surface area (TPSA) is 24.4 Å². The molecule has 29 heavy (non-hydrogen) atoms. The van der Waals surface area contributed by atoms with Crippen LogP contribution in [0.25, 0.3) is 5.57 Å². The summed E-state index contributed by atoms with van der Waals surface area (Å²) in [6.45, 7) is 11.0. The number of aryl methyl sites for hydroxylation is 2. The molecule has 1 aliphatic heterocycles. The van der Waals surface area contributed by atoms with Crippen LogP contribution in [0.5, 0.6) is 0 Å². The van der Waals surface area contributed by atoms with Gasteiger partial charge in [-0.05, 0) is 47.6 Å². The van der Waals surface area contributed by atoms with Crippen LogP contribution < -0.4 is 5.32 Å². The van der Waals surface area contributed by atoms with E-state index in [1.165, 1.54) is 27.8 Å². The summed E-state index contributed by atoms with van der Waals surface area (Å²) in [6.07, 6.45) is 2.37. The van der Waals surface area contributed by atoms with Crippen LogP contribution in [0.15, 0.2) is 77.8 Å². The highest BCUT2D eigenvalue weighted by Gasteiger charge is 2.23. The lowest BCUT2D eigenvalue weighted by molar-refractivity contribution is 0.546. The molecule has 0 atom stereocenters. The van der Waals surface area contributed by atoms with E-state index in [2.05, 4.69) is 113 Å². The quantitative estimate of drug-likeness (QED) is 0.471. The van der Waals surface area contributed by atoms with Crippen molar-refractivity contribution in [1.82, 2.24) is 0 Å². The van der Waals surface area contributed by atoms with Gasteiger partial charge in [0.2, 0.25) is 0 Å². The summed E-state index contributed by atoms with van der Waals surface area (Å²) in [6, 6.07) is 23.4. The third-order valence-corrected chi connectivity index (χ3v) is 5.18. The maximum atomic E-state index is 5.13. The number of anilines is 1. The van der Waals surface area contributed by atoms with Gasteiger partial charge in [0, 0.05) is 16.8 Å². The molecule has 0 saturated heterocycles. The van der Waals surface area contributed by atoms with Gasteiger partial charge in [0.1, 0.15) is 5.84 Å². The van der Waals surface area contributed by atoms with Gasteiger partial charge in [-0.2, -0.15) is 0 Å². The molecule has 4 rings (SSSR count). The van der Waals surface area contributed by atoms with Crippen LogP contribution in [0.1, 0.15) is 48.6 Å². The Morgan fingerprint density at radius 2 is 1.31 bits per heavy atom. The number of allylic oxidation sites excluding steroid dienone is 1. The van der Waals surface area contributed by atoms with Crippen molar-refractivity contribution in [3.8, 4) is 0 Å². The van der Waals surface area contributed by atoms with Gasteiger partial charge in [-0.3, -0.25) is 0 Å². The van der Waals surface area contributed by atoms with Crippen LogP contribution in [0, 0.1) is 19.3 Å². The van der Waals surface area contributed by atoms with Crippen LogP contribution in [0.4, 0.5) is 11.4 Å². The number of hydrogen-bond acceptors (Lipinski definition) is 1. The molecule has 1 heterocycles. The minimum absolute atomic E-state index is 0.0593. The van der Waals surface area contributed by atoms with Crippen LogP contribution in [-0.2, 0) is 0 Å². The van der Waals surface area contributed by atoms with Crippen molar-refractivity contribution >= 4 is 22.8 Å². The molecule has 3 aromatic rings. The molecule has 0 fully saturated rings. The van der Waals surface area contributed by atoms with Gasteiger partial charge >= 0.3 is 0 Å². The normalized spacial score (nSPS) is 16.2. The van der Waals surface area contributed by atoms with E-state index >= 15 is 0 Å². The summed E-state index contributed by atoms with van der Waals surface area (Å²) >= 11 is 0. The highest BCUT2D eigenvalue weighted by atomic mass is 15.0. The Hall–Kier alpha value is -3.13.